The van der Waals surface area contributed by atoms with Crippen LogP contribution in [0, 0.1) is 5.92 Å². The van der Waals surface area contributed by atoms with Gasteiger partial charge in [-0.3, -0.25) is 0 Å². The Kier molecular flexibility index (Phi) is 4.06. The van der Waals surface area contributed by atoms with Gasteiger partial charge in [-0.2, -0.15) is 0 Å². The van der Waals surface area contributed by atoms with Crippen LogP contribution in [0.25, 0.3) is 0 Å². The summed E-state index contributed by atoms with van der Waals surface area (Å²) in [6, 6.07) is 9.18. The smallest absolute Gasteiger partial charge is 0.0366 e. The van der Waals surface area contributed by atoms with E-state index in [-0.39, 0.29) is 0 Å². The maximum absolute atomic E-state index is 3.27. The summed E-state index contributed by atoms with van der Waals surface area (Å²) < 4.78 is 0. The predicted octanol–water partition coefficient (Wildman–Crippen LogP) is 2.86. The molecule has 0 radical (unpaired) electrons. The van der Waals surface area contributed by atoms with E-state index in [9.17, 15) is 0 Å². The Morgan fingerprint density at radius 3 is 2.35 bits per heavy atom. The van der Waals surface area contributed by atoms with Crippen LogP contribution >= 0.6 is 0 Å². The first-order valence-electron chi connectivity index (χ1n) is 6.79. The van der Waals surface area contributed by atoms with E-state index in [2.05, 4.69) is 48.3 Å². The molecule has 94 valence electrons. The van der Waals surface area contributed by atoms with Crippen LogP contribution in [0.5, 0.6) is 0 Å². The molecule has 2 nitrogen and oxygen atoms in total. The molecule has 0 saturated heterocycles. The van der Waals surface area contributed by atoms with E-state index < -0.39 is 0 Å². The van der Waals surface area contributed by atoms with Crippen molar-refractivity contribution in [1.82, 2.24) is 5.32 Å². The summed E-state index contributed by atoms with van der Waals surface area (Å²) in [5.74, 6) is 1.66. The third-order valence-electron chi connectivity index (χ3n) is 3.84. The molecule has 1 aromatic rings. The van der Waals surface area contributed by atoms with Gasteiger partial charge in [-0.15, -0.1) is 0 Å². The highest BCUT2D eigenvalue weighted by molar-refractivity contribution is 5.48. The average molecular weight is 232 g/mol. The summed E-state index contributed by atoms with van der Waals surface area (Å²) in [5.41, 5.74) is 2.87. The zero-order chi connectivity index (χ0) is 12.3. The molecule has 2 rings (SSSR count). The SMILES string of the molecule is CCN(CC)c1ccc(C2CC2CNC)cc1. The van der Waals surface area contributed by atoms with Gasteiger partial charge in [-0.1, -0.05) is 12.1 Å². The number of nitrogens with zero attached hydrogens (tertiary/aromatic N) is 1. The monoisotopic (exact) mass is 232 g/mol. The minimum atomic E-state index is 0.799. The van der Waals surface area contributed by atoms with Crippen LogP contribution in [0.2, 0.25) is 0 Å². The van der Waals surface area contributed by atoms with Crippen molar-refractivity contribution in [3.8, 4) is 0 Å². The highest BCUT2D eigenvalue weighted by Crippen LogP contribution is 2.47. The van der Waals surface area contributed by atoms with Gasteiger partial charge in [0.05, 0.1) is 0 Å². The van der Waals surface area contributed by atoms with Crippen molar-refractivity contribution in [3.05, 3.63) is 29.8 Å². The van der Waals surface area contributed by atoms with Crippen molar-refractivity contribution in [3.63, 3.8) is 0 Å². The minimum Gasteiger partial charge on any atom is -0.372 e. The molecule has 1 fully saturated rings. The Morgan fingerprint density at radius 2 is 1.82 bits per heavy atom. The molecular weight excluding hydrogens is 208 g/mol. The molecule has 0 amide bonds. The first-order valence-corrected chi connectivity index (χ1v) is 6.79. The summed E-state index contributed by atoms with van der Waals surface area (Å²) in [6.45, 7) is 7.74. The summed E-state index contributed by atoms with van der Waals surface area (Å²) in [6.07, 6.45) is 1.35. The Labute approximate surface area is 105 Å². The largest absolute Gasteiger partial charge is 0.372 e. The normalized spacial score (nSPS) is 22.5. The minimum absolute atomic E-state index is 0.799. The molecule has 0 bridgehead atoms. The first kappa shape index (κ1) is 12.4. The lowest BCUT2D eigenvalue weighted by Gasteiger charge is -2.21. The predicted molar refractivity (Wildman–Crippen MR) is 74.8 cm³/mol. The third kappa shape index (κ3) is 2.81. The van der Waals surface area contributed by atoms with Gasteiger partial charge in [0.25, 0.3) is 0 Å². The summed E-state index contributed by atoms with van der Waals surface area (Å²) in [4.78, 5) is 2.39. The Hall–Kier alpha value is -1.02. The van der Waals surface area contributed by atoms with Crippen LogP contribution in [0.3, 0.4) is 0 Å². The molecule has 1 N–H and O–H groups in total. The topological polar surface area (TPSA) is 15.3 Å². The summed E-state index contributed by atoms with van der Waals surface area (Å²) in [7, 11) is 2.04. The van der Waals surface area contributed by atoms with Crippen molar-refractivity contribution in [2.75, 3.05) is 31.6 Å². The van der Waals surface area contributed by atoms with E-state index in [1.165, 1.54) is 17.7 Å². The van der Waals surface area contributed by atoms with E-state index in [0.717, 1.165) is 31.5 Å². The van der Waals surface area contributed by atoms with E-state index >= 15 is 0 Å². The fraction of sp³-hybridized carbons (Fsp3) is 0.600. The molecular formula is C15H24N2. The second kappa shape index (κ2) is 5.54. The Bertz CT molecular complexity index is 340. The molecule has 1 aliphatic carbocycles. The van der Waals surface area contributed by atoms with Crippen LogP contribution in [-0.2, 0) is 0 Å². The highest BCUT2D eigenvalue weighted by atomic mass is 15.1. The lowest BCUT2D eigenvalue weighted by molar-refractivity contribution is 0.698. The first-order chi connectivity index (χ1) is 8.30. The second-order valence-corrected chi connectivity index (χ2v) is 4.92. The number of hydrogen-bond donors (Lipinski definition) is 1. The molecule has 0 aliphatic heterocycles. The van der Waals surface area contributed by atoms with Gasteiger partial charge in [0, 0.05) is 18.8 Å². The van der Waals surface area contributed by atoms with Crippen LogP contribution in [0.4, 0.5) is 5.69 Å². The molecule has 17 heavy (non-hydrogen) atoms. The Balaban J connectivity index is 1.99. The van der Waals surface area contributed by atoms with Crippen molar-refractivity contribution < 1.29 is 0 Å². The summed E-state index contributed by atoms with van der Waals surface area (Å²) in [5, 5.41) is 3.27. The molecule has 1 aliphatic rings. The molecule has 1 saturated carbocycles. The van der Waals surface area contributed by atoms with Crippen molar-refractivity contribution in [1.29, 1.82) is 0 Å². The fourth-order valence-corrected chi connectivity index (χ4v) is 2.66. The second-order valence-electron chi connectivity index (χ2n) is 4.92. The molecule has 2 unspecified atom stereocenters. The van der Waals surface area contributed by atoms with Crippen molar-refractivity contribution in [2.24, 2.45) is 5.92 Å². The maximum Gasteiger partial charge on any atom is 0.0366 e. The standard InChI is InChI=1S/C15H24N2/c1-4-17(5-2)14-8-6-12(7-9-14)15-10-13(15)11-16-3/h6-9,13,15-16H,4-5,10-11H2,1-3H3. The number of anilines is 1. The van der Waals surface area contributed by atoms with Crippen LogP contribution in [0.15, 0.2) is 24.3 Å². The lowest BCUT2D eigenvalue weighted by Crippen LogP contribution is -2.21. The van der Waals surface area contributed by atoms with Crippen LogP contribution in [0.1, 0.15) is 31.7 Å². The van der Waals surface area contributed by atoms with E-state index in [1.54, 1.807) is 0 Å². The number of rotatable bonds is 6. The van der Waals surface area contributed by atoms with Crippen molar-refractivity contribution in [2.45, 2.75) is 26.2 Å². The van der Waals surface area contributed by atoms with Gasteiger partial charge in [0.2, 0.25) is 0 Å². The highest BCUT2D eigenvalue weighted by Gasteiger charge is 2.37. The average Bonchev–Trinajstić information content (AvgIpc) is 3.11. The van der Waals surface area contributed by atoms with Gasteiger partial charge in [-0.25, -0.2) is 0 Å². The molecule has 2 atom stereocenters. The van der Waals surface area contributed by atoms with Gasteiger partial charge < -0.3 is 10.2 Å². The molecule has 0 aromatic heterocycles. The van der Waals surface area contributed by atoms with E-state index in [1.807, 2.05) is 7.05 Å². The molecule has 2 heteroatoms. The van der Waals surface area contributed by atoms with Gasteiger partial charge in [0.15, 0.2) is 0 Å². The van der Waals surface area contributed by atoms with Crippen LogP contribution in [-0.4, -0.2) is 26.7 Å². The maximum atomic E-state index is 3.27. The number of benzene rings is 1. The van der Waals surface area contributed by atoms with Crippen LogP contribution < -0.4 is 10.2 Å². The third-order valence-corrected chi connectivity index (χ3v) is 3.84. The number of nitrogens with one attached hydrogen (secondary N) is 1. The Morgan fingerprint density at radius 1 is 1.18 bits per heavy atom. The van der Waals surface area contributed by atoms with E-state index in [4.69, 9.17) is 0 Å². The summed E-state index contributed by atoms with van der Waals surface area (Å²) >= 11 is 0. The number of hydrogen-bond acceptors (Lipinski definition) is 2. The molecule has 1 aromatic carbocycles. The zero-order valence-electron chi connectivity index (χ0n) is 11.2. The van der Waals surface area contributed by atoms with E-state index in [0.29, 0.717) is 0 Å². The van der Waals surface area contributed by atoms with Gasteiger partial charge in [0.1, 0.15) is 0 Å². The van der Waals surface area contributed by atoms with Gasteiger partial charge in [-0.05, 0) is 63.4 Å². The quantitative estimate of drug-likeness (QED) is 0.811. The lowest BCUT2D eigenvalue weighted by atomic mass is 10.1. The fourth-order valence-electron chi connectivity index (χ4n) is 2.66. The molecule has 0 heterocycles. The van der Waals surface area contributed by atoms with Crippen molar-refractivity contribution >= 4 is 5.69 Å². The molecule has 0 spiro atoms. The van der Waals surface area contributed by atoms with Gasteiger partial charge >= 0.3 is 0 Å². The zero-order valence-corrected chi connectivity index (χ0v) is 11.2.